The molecule has 26 heavy (non-hydrogen) atoms. The number of aromatic nitrogens is 2. The smallest absolute Gasteiger partial charge is 0.244 e. The fourth-order valence-electron chi connectivity index (χ4n) is 3.18. The third-order valence-corrected chi connectivity index (χ3v) is 6.21. The largest absolute Gasteiger partial charge is 0.350 e. The molecular weight excluding hydrogens is 368 g/mol. The van der Waals surface area contributed by atoms with Crippen LogP contribution in [0.15, 0.2) is 39.5 Å². The number of carbonyl (C=O) groups is 1. The van der Waals surface area contributed by atoms with Crippen molar-refractivity contribution in [2.24, 2.45) is 0 Å². The Labute approximate surface area is 159 Å². The number of carbonyl (C=O) groups excluding carboxylic acids is 1. The van der Waals surface area contributed by atoms with E-state index in [4.69, 9.17) is 4.52 Å². The average molecular weight is 389 g/mol. The second-order valence-electron chi connectivity index (χ2n) is 6.27. The lowest BCUT2D eigenvalue weighted by atomic mass is 10.0. The van der Waals surface area contributed by atoms with Gasteiger partial charge in [-0.05, 0) is 42.3 Å². The van der Waals surface area contributed by atoms with E-state index in [2.05, 4.69) is 20.4 Å². The Morgan fingerprint density at radius 3 is 2.96 bits per heavy atom. The first kappa shape index (κ1) is 17.4. The van der Waals surface area contributed by atoms with Crippen LogP contribution in [-0.2, 0) is 11.3 Å². The minimum Gasteiger partial charge on any atom is -0.350 e. The zero-order valence-electron chi connectivity index (χ0n) is 14.3. The molecule has 1 aliphatic heterocycles. The van der Waals surface area contributed by atoms with Crippen LogP contribution >= 0.6 is 22.7 Å². The number of amides is 1. The SMILES string of the molecule is O=C(CN1CCCC[C@H]1c1nc(-c2cccs2)no1)NCc1cccs1. The highest BCUT2D eigenvalue weighted by atomic mass is 32.1. The maximum absolute atomic E-state index is 12.4. The van der Waals surface area contributed by atoms with Gasteiger partial charge in [-0.2, -0.15) is 4.98 Å². The number of hydrogen-bond donors (Lipinski definition) is 1. The third-order valence-electron chi connectivity index (χ3n) is 4.47. The van der Waals surface area contributed by atoms with Crippen LogP contribution in [-0.4, -0.2) is 34.0 Å². The molecule has 6 nitrogen and oxygen atoms in total. The van der Waals surface area contributed by atoms with E-state index in [0.717, 1.165) is 35.6 Å². The molecule has 0 saturated carbocycles. The molecule has 1 fully saturated rings. The molecule has 136 valence electrons. The average Bonchev–Trinajstić information content (AvgIpc) is 3.42. The van der Waals surface area contributed by atoms with Crippen LogP contribution in [0, 0.1) is 0 Å². The fourth-order valence-corrected chi connectivity index (χ4v) is 4.47. The van der Waals surface area contributed by atoms with Crippen LogP contribution in [0.4, 0.5) is 0 Å². The molecule has 0 spiro atoms. The Morgan fingerprint density at radius 2 is 2.15 bits per heavy atom. The van der Waals surface area contributed by atoms with E-state index in [1.165, 1.54) is 0 Å². The molecule has 8 heteroatoms. The lowest BCUT2D eigenvalue weighted by Gasteiger charge is -2.32. The van der Waals surface area contributed by atoms with Crippen molar-refractivity contribution in [2.45, 2.75) is 31.8 Å². The molecule has 4 rings (SSSR count). The molecule has 0 bridgehead atoms. The fraction of sp³-hybridized carbons (Fsp3) is 0.389. The van der Waals surface area contributed by atoms with E-state index in [9.17, 15) is 4.79 Å². The first-order valence-corrected chi connectivity index (χ1v) is 10.5. The molecule has 4 heterocycles. The van der Waals surface area contributed by atoms with Gasteiger partial charge in [0.1, 0.15) is 0 Å². The second kappa shape index (κ2) is 8.11. The van der Waals surface area contributed by atoms with Gasteiger partial charge in [0, 0.05) is 4.88 Å². The molecule has 0 aliphatic carbocycles. The first-order chi connectivity index (χ1) is 12.8. The van der Waals surface area contributed by atoms with Crippen molar-refractivity contribution in [1.29, 1.82) is 0 Å². The summed E-state index contributed by atoms with van der Waals surface area (Å²) in [5, 5.41) is 11.1. The monoisotopic (exact) mass is 388 g/mol. The first-order valence-electron chi connectivity index (χ1n) is 8.70. The minimum absolute atomic E-state index is 0.0115. The van der Waals surface area contributed by atoms with Crippen molar-refractivity contribution in [3.05, 3.63) is 45.8 Å². The zero-order valence-corrected chi connectivity index (χ0v) is 15.9. The lowest BCUT2D eigenvalue weighted by Crippen LogP contribution is -2.41. The highest BCUT2D eigenvalue weighted by Crippen LogP contribution is 2.31. The molecule has 1 saturated heterocycles. The van der Waals surface area contributed by atoms with E-state index in [-0.39, 0.29) is 11.9 Å². The molecule has 3 aromatic rings. The summed E-state index contributed by atoms with van der Waals surface area (Å²) in [5.41, 5.74) is 0. The summed E-state index contributed by atoms with van der Waals surface area (Å²) >= 11 is 3.24. The van der Waals surface area contributed by atoms with Gasteiger partial charge in [0.05, 0.1) is 24.0 Å². The summed E-state index contributed by atoms with van der Waals surface area (Å²) < 4.78 is 5.53. The summed E-state index contributed by atoms with van der Waals surface area (Å²) in [7, 11) is 0. The topological polar surface area (TPSA) is 71.3 Å². The maximum Gasteiger partial charge on any atom is 0.244 e. The number of nitrogens with zero attached hydrogens (tertiary/aromatic N) is 3. The minimum atomic E-state index is 0.0115. The van der Waals surface area contributed by atoms with Gasteiger partial charge >= 0.3 is 0 Å². The Hall–Kier alpha value is -2.03. The van der Waals surface area contributed by atoms with Crippen molar-refractivity contribution in [1.82, 2.24) is 20.4 Å². The van der Waals surface area contributed by atoms with E-state index in [1.807, 2.05) is 35.0 Å². The third kappa shape index (κ3) is 4.03. The number of nitrogens with one attached hydrogen (secondary N) is 1. The van der Waals surface area contributed by atoms with Crippen LogP contribution in [0.5, 0.6) is 0 Å². The molecule has 1 atom stereocenters. The van der Waals surface area contributed by atoms with Gasteiger partial charge in [-0.1, -0.05) is 23.7 Å². The maximum atomic E-state index is 12.4. The van der Waals surface area contributed by atoms with Gasteiger partial charge in [-0.15, -0.1) is 22.7 Å². The van der Waals surface area contributed by atoms with Crippen molar-refractivity contribution < 1.29 is 9.32 Å². The Balaban J connectivity index is 1.40. The van der Waals surface area contributed by atoms with Crippen LogP contribution in [0.1, 0.15) is 36.1 Å². The highest BCUT2D eigenvalue weighted by Gasteiger charge is 2.30. The summed E-state index contributed by atoms with van der Waals surface area (Å²) in [4.78, 5) is 21.3. The van der Waals surface area contributed by atoms with Gasteiger partial charge in [-0.25, -0.2) is 0 Å². The van der Waals surface area contributed by atoms with Crippen LogP contribution in [0.3, 0.4) is 0 Å². The standard InChI is InChI=1S/C18H20N4O2S2/c23-16(19-11-13-5-3-9-25-13)12-22-8-2-1-6-14(22)18-20-17(21-24-18)15-7-4-10-26-15/h3-5,7,9-10,14H,1-2,6,8,11-12H2,(H,19,23)/t14-/m0/s1. The molecule has 0 aromatic carbocycles. The molecule has 3 aromatic heterocycles. The summed E-state index contributed by atoms with van der Waals surface area (Å²) in [5.74, 6) is 1.27. The van der Waals surface area contributed by atoms with Crippen molar-refractivity contribution >= 4 is 28.6 Å². The van der Waals surface area contributed by atoms with Crippen molar-refractivity contribution in [2.75, 3.05) is 13.1 Å². The second-order valence-corrected chi connectivity index (χ2v) is 8.25. The molecule has 1 N–H and O–H groups in total. The number of rotatable bonds is 6. The predicted octanol–water partition coefficient (Wildman–Crippen LogP) is 3.70. The summed E-state index contributed by atoms with van der Waals surface area (Å²) in [6.45, 7) is 1.80. The van der Waals surface area contributed by atoms with Gasteiger partial charge < -0.3 is 9.84 Å². The highest BCUT2D eigenvalue weighted by molar-refractivity contribution is 7.13. The Kier molecular flexibility index (Phi) is 5.42. The van der Waals surface area contributed by atoms with Crippen LogP contribution < -0.4 is 5.32 Å². The van der Waals surface area contributed by atoms with Crippen LogP contribution in [0.25, 0.3) is 10.7 Å². The quantitative estimate of drug-likeness (QED) is 0.697. The zero-order chi connectivity index (χ0) is 17.8. The van der Waals surface area contributed by atoms with Crippen molar-refractivity contribution in [3.8, 4) is 10.7 Å². The van der Waals surface area contributed by atoms with E-state index >= 15 is 0 Å². The number of hydrogen-bond acceptors (Lipinski definition) is 7. The Morgan fingerprint density at radius 1 is 1.27 bits per heavy atom. The number of likely N-dealkylation sites (tertiary alicyclic amines) is 1. The van der Waals surface area contributed by atoms with Gasteiger partial charge in [0.15, 0.2) is 0 Å². The van der Waals surface area contributed by atoms with E-state index in [1.54, 1.807) is 22.7 Å². The van der Waals surface area contributed by atoms with E-state index < -0.39 is 0 Å². The Bertz CT molecular complexity index is 829. The number of thiophene rings is 2. The molecule has 0 radical (unpaired) electrons. The predicted molar refractivity (Wildman–Crippen MR) is 102 cm³/mol. The van der Waals surface area contributed by atoms with Gasteiger partial charge in [0.25, 0.3) is 0 Å². The van der Waals surface area contributed by atoms with Crippen molar-refractivity contribution in [3.63, 3.8) is 0 Å². The number of piperidine rings is 1. The van der Waals surface area contributed by atoms with Crippen LogP contribution in [0.2, 0.25) is 0 Å². The summed E-state index contributed by atoms with van der Waals surface area (Å²) in [6, 6.07) is 7.99. The molecule has 1 aliphatic rings. The summed E-state index contributed by atoms with van der Waals surface area (Å²) in [6.07, 6.45) is 3.12. The normalized spacial score (nSPS) is 18.1. The molecular formula is C18H20N4O2S2. The van der Waals surface area contributed by atoms with Gasteiger partial charge in [-0.3, -0.25) is 9.69 Å². The van der Waals surface area contributed by atoms with E-state index in [0.29, 0.717) is 24.8 Å². The molecule has 0 unspecified atom stereocenters. The van der Waals surface area contributed by atoms with Gasteiger partial charge in [0.2, 0.25) is 17.6 Å². The molecule has 1 amide bonds. The lowest BCUT2D eigenvalue weighted by molar-refractivity contribution is -0.123.